The van der Waals surface area contributed by atoms with E-state index in [0.29, 0.717) is 12.5 Å². The minimum Gasteiger partial charge on any atom is -0.382 e. The predicted octanol–water partition coefficient (Wildman–Crippen LogP) is 2.00. The molecule has 0 aromatic heterocycles. The van der Waals surface area contributed by atoms with Crippen molar-refractivity contribution in [2.75, 3.05) is 20.3 Å². The first kappa shape index (κ1) is 9.75. The van der Waals surface area contributed by atoms with E-state index in [9.17, 15) is 0 Å². The lowest BCUT2D eigenvalue weighted by molar-refractivity contribution is -0.0419. The van der Waals surface area contributed by atoms with E-state index in [2.05, 4.69) is 13.5 Å². The van der Waals surface area contributed by atoms with Gasteiger partial charge in [-0.1, -0.05) is 12.2 Å². The zero-order valence-electron chi connectivity index (χ0n) is 8.01. The van der Waals surface area contributed by atoms with Crippen LogP contribution in [0.4, 0.5) is 0 Å². The molecule has 70 valence electrons. The largest absolute Gasteiger partial charge is 0.382 e. The smallest absolute Gasteiger partial charge is 0.0814 e. The van der Waals surface area contributed by atoms with Crippen LogP contribution in [0, 0.1) is 5.92 Å². The lowest BCUT2D eigenvalue weighted by Gasteiger charge is -2.29. The van der Waals surface area contributed by atoms with Crippen molar-refractivity contribution in [1.29, 1.82) is 0 Å². The predicted molar refractivity (Wildman–Crippen MR) is 49.2 cm³/mol. The Labute approximate surface area is 74.6 Å². The number of hydrogen-bond donors (Lipinski definition) is 0. The van der Waals surface area contributed by atoms with Crippen molar-refractivity contribution in [2.24, 2.45) is 5.92 Å². The van der Waals surface area contributed by atoms with E-state index in [0.717, 1.165) is 19.4 Å². The van der Waals surface area contributed by atoms with Gasteiger partial charge in [0.25, 0.3) is 0 Å². The summed E-state index contributed by atoms with van der Waals surface area (Å²) in [5, 5.41) is 0. The van der Waals surface area contributed by atoms with E-state index in [4.69, 9.17) is 9.47 Å². The summed E-state index contributed by atoms with van der Waals surface area (Å²) in [6, 6.07) is 0. The first-order chi connectivity index (χ1) is 5.74. The van der Waals surface area contributed by atoms with Crippen LogP contribution in [0.3, 0.4) is 0 Å². The van der Waals surface area contributed by atoms with Crippen molar-refractivity contribution in [1.82, 2.24) is 0 Å². The van der Waals surface area contributed by atoms with Crippen LogP contribution < -0.4 is 0 Å². The maximum absolute atomic E-state index is 5.53. The highest BCUT2D eigenvalue weighted by Crippen LogP contribution is 2.25. The van der Waals surface area contributed by atoms with Gasteiger partial charge in [0.2, 0.25) is 0 Å². The van der Waals surface area contributed by atoms with Crippen LogP contribution >= 0.6 is 0 Å². The Morgan fingerprint density at radius 3 is 3.00 bits per heavy atom. The van der Waals surface area contributed by atoms with Gasteiger partial charge in [-0.2, -0.15) is 0 Å². The molecule has 1 heterocycles. The molecule has 0 aliphatic carbocycles. The highest BCUT2D eigenvalue weighted by molar-refractivity contribution is 4.98. The Hall–Kier alpha value is -0.340. The molecule has 2 heteroatoms. The van der Waals surface area contributed by atoms with Crippen molar-refractivity contribution in [3.63, 3.8) is 0 Å². The molecule has 0 spiro atoms. The van der Waals surface area contributed by atoms with Gasteiger partial charge in [0.05, 0.1) is 12.7 Å². The van der Waals surface area contributed by atoms with Gasteiger partial charge in [0.15, 0.2) is 0 Å². The molecule has 0 unspecified atom stereocenters. The summed E-state index contributed by atoms with van der Waals surface area (Å²) >= 11 is 0. The van der Waals surface area contributed by atoms with E-state index in [1.807, 2.05) is 0 Å². The highest BCUT2D eigenvalue weighted by atomic mass is 16.5. The monoisotopic (exact) mass is 170 g/mol. The van der Waals surface area contributed by atoms with Crippen molar-refractivity contribution in [2.45, 2.75) is 25.9 Å². The van der Waals surface area contributed by atoms with E-state index >= 15 is 0 Å². The second-order valence-corrected chi connectivity index (χ2v) is 3.52. The molecular weight excluding hydrogens is 152 g/mol. The number of ether oxygens (including phenoxy) is 2. The van der Waals surface area contributed by atoms with Gasteiger partial charge < -0.3 is 9.47 Å². The lowest BCUT2D eigenvalue weighted by atomic mass is 9.90. The topological polar surface area (TPSA) is 18.5 Å². The molecule has 0 amide bonds. The van der Waals surface area contributed by atoms with Crippen LogP contribution in [0.1, 0.15) is 19.8 Å². The SMILES string of the molecule is C=C(C)[C@@H]1CCO[C@@H](COC)C1. The molecule has 2 nitrogen and oxygen atoms in total. The van der Waals surface area contributed by atoms with Gasteiger partial charge >= 0.3 is 0 Å². The van der Waals surface area contributed by atoms with Crippen molar-refractivity contribution >= 4 is 0 Å². The number of methoxy groups -OCH3 is 1. The van der Waals surface area contributed by atoms with Gasteiger partial charge in [-0.3, -0.25) is 0 Å². The van der Waals surface area contributed by atoms with Crippen LogP contribution in [0.15, 0.2) is 12.2 Å². The average Bonchev–Trinajstić information content (AvgIpc) is 2.05. The molecule has 0 saturated carbocycles. The lowest BCUT2D eigenvalue weighted by Crippen LogP contribution is -2.29. The average molecular weight is 170 g/mol. The standard InChI is InChI=1S/C10H18O2/c1-8(2)9-4-5-12-10(6-9)7-11-3/h9-10H,1,4-7H2,2-3H3/t9-,10-/m1/s1. The van der Waals surface area contributed by atoms with Crippen LogP contribution in [-0.4, -0.2) is 26.4 Å². The van der Waals surface area contributed by atoms with E-state index < -0.39 is 0 Å². The van der Waals surface area contributed by atoms with E-state index in [1.165, 1.54) is 5.57 Å². The molecule has 0 aromatic rings. The van der Waals surface area contributed by atoms with Gasteiger partial charge in [-0.15, -0.1) is 0 Å². The number of hydrogen-bond acceptors (Lipinski definition) is 2. The summed E-state index contributed by atoms with van der Waals surface area (Å²) in [5.41, 5.74) is 1.28. The third kappa shape index (κ3) is 2.61. The number of allylic oxidation sites excluding steroid dienone is 1. The second-order valence-electron chi connectivity index (χ2n) is 3.52. The fraction of sp³-hybridized carbons (Fsp3) is 0.800. The fourth-order valence-electron chi connectivity index (χ4n) is 1.63. The van der Waals surface area contributed by atoms with Gasteiger partial charge in [-0.25, -0.2) is 0 Å². The van der Waals surface area contributed by atoms with Crippen LogP contribution in [0.25, 0.3) is 0 Å². The molecule has 0 radical (unpaired) electrons. The summed E-state index contributed by atoms with van der Waals surface area (Å²) in [6.07, 6.45) is 2.48. The summed E-state index contributed by atoms with van der Waals surface area (Å²) in [5.74, 6) is 0.638. The molecule has 2 atom stereocenters. The molecule has 1 aliphatic rings. The van der Waals surface area contributed by atoms with Crippen LogP contribution in [-0.2, 0) is 9.47 Å². The summed E-state index contributed by atoms with van der Waals surface area (Å²) < 4.78 is 10.6. The fourth-order valence-corrected chi connectivity index (χ4v) is 1.63. The van der Waals surface area contributed by atoms with Crippen LogP contribution in [0.2, 0.25) is 0 Å². The first-order valence-electron chi connectivity index (χ1n) is 4.50. The van der Waals surface area contributed by atoms with Gasteiger partial charge in [0, 0.05) is 13.7 Å². The second kappa shape index (κ2) is 4.63. The minimum atomic E-state index is 0.283. The quantitative estimate of drug-likeness (QED) is 0.603. The normalized spacial score (nSPS) is 30.2. The Bertz CT molecular complexity index is 152. The summed E-state index contributed by atoms with van der Waals surface area (Å²) in [6.45, 7) is 7.64. The van der Waals surface area contributed by atoms with Crippen LogP contribution in [0.5, 0.6) is 0 Å². The van der Waals surface area contributed by atoms with E-state index in [1.54, 1.807) is 7.11 Å². The van der Waals surface area contributed by atoms with Crippen molar-refractivity contribution < 1.29 is 9.47 Å². The Kier molecular flexibility index (Phi) is 3.76. The Balaban J connectivity index is 2.35. The molecule has 1 rings (SSSR count). The number of rotatable bonds is 3. The highest BCUT2D eigenvalue weighted by Gasteiger charge is 2.22. The molecule has 0 bridgehead atoms. The maximum Gasteiger partial charge on any atom is 0.0814 e. The Morgan fingerprint density at radius 2 is 2.42 bits per heavy atom. The maximum atomic E-state index is 5.53. The summed E-state index contributed by atoms with van der Waals surface area (Å²) in [4.78, 5) is 0. The molecule has 0 N–H and O–H groups in total. The molecular formula is C10H18O2. The first-order valence-corrected chi connectivity index (χ1v) is 4.50. The third-order valence-corrected chi connectivity index (χ3v) is 2.42. The zero-order chi connectivity index (χ0) is 8.97. The van der Waals surface area contributed by atoms with Crippen molar-refractivity contribution in [3.05, 3.63) is 12.2 Å². The third-order valence-electron chi connectivity index (χ3n) is 2.42. The van der Waals surface area contributed by atoms with Gasteiger partial charge in [-0.05, 0) is 25.7 Å². The molecule has 1 saturated heterocycles. The Morgan fingerprint density at radius 1 is 1.67 bits per heavy atom. The van der Waals surface area contributed by atoms with Gasteiger partial charge in [0.1, 0.15) is 0 Å². The molecule has 1 fully saturated rings. The van der Waals surface area contributed by atoms with Crippen molar-refractivity contribution in [3.8, 4) is 0 Å². The molecule has 0 aromatic carbocycles. The minimum absolute atomic E-state index is 0.283. The summed E-state index contributed by atoms with van der Waals surface area (Å²) in [7, 11) is 1.72. The molecule has 1 aliphatic heterocycles. The van der Waals surface area contributed by atoms with E-state index in [-0.39, 0.29) is 6.10 Å². The molecule has 12 heavy (non-hydrogen) atoms. The zero-order valence-corrected chi connectivity index (χ0v) is 8.01.